The van der Waals surface area contributed by atoms with Crippen LogP contribution in [0, 0.1) is 41.9 Å². The van der Waals surface area contributed by atoms with Gasteiger partial charge in [-0.15, -0.1) is 11.3 Å². The summed E-state index contributed by atoms with van der Waals surface area (Å²) in [6, 6.07) is 22.7. The number of rotatable bonds is 17. The van der Waals surface area contributed by atoms with Gasteiger partial charge < -0.3 is 36.0 Å². The minimum atomic E-state index is -1.17. The summed E-state index contributed by atoms with van der Waals surface area (Å²) in [7, 11) is 0. The zero-order chi connectivity index (χ0) is 60.4. The van der Waals surface area contributed by atoms with Gasteiger partial charge in [0.25, 0.3) is 5.91 Å². The van der Waals surface area contributed by atoms with E-state index in [0.29, 0.717) is 72.0 Å². The lowest BCUT2D eigenvalue weighted by atomic mass is 9.44. The summed E-state index contributed by atoms with van der Waals surface area (Å²) in [6.07, 6.45) is 6.61. The van der Waals surface area contributed by atoms with Gasteiger partial charge in [-0.05, 0) is 141 Å². The summed E-state index contributed by atoms with van der Waals surface area (Å²) in [4.78, 5) is 102. The fraction of sp³-hybridized carbons (Fsp3) is 0.446. The van der Waals surface area contributed by atoms with Gasteiger partial charge in [-0.3, -0.25) is 34.0 Å². The molecule has 0 unspecified atom stereocenters. The number of aryl methyl sites for hydroxylation is 1. The van der Waals surface area contributed by atoms with E-state index >= 15 is 0 Å². The Hall–Kier alpha value is -7.88. The third-order valence-electron chi connectivity index (χ3n) is 18.7. The van der Waals surface area contributed by atoms with Crippen molar-refractivity contribution in [2.75, 3.05) is 29.9 Å². The molecular weight excluding hydrogens is 1130 g/mol. The number of hydrogen-bond donors (Lipinski definition) is 6. The highest BCUT2D eigenvalue weighted by atomic mass is 32.1. The number of β-amino-alcohol motifs (C(OH)–C–C–N with tert-alkyl or cyclic N) is 1. The number of pyridine rings is 1. The molecule has 6 aliphatic rings. The Labute approximate surface area is 507 Å². The fourth-order valence-corrected chi connectivity index (χ4v) is 16.6. The number of nitrogens with zero attached hydrogens (tertiary/aromatic N) is 7. The van der Waals surface area contributed by atoms with E-state index in [-0.39, 0.29) is 60.8 Å². The zero-order valence-electron chi connectivity index (χ0n) is 49.3. The van der Waals surface area contributed by atoms with Crippen molar-refractivity contribution in [2.24, 2.45) is 28.1 Å². The Morgan fingerprint density at radius 2 is 1.64 bits per heavy atom. The van der Waals surface area contributed by atoms with Crippen LogP contribution in [0.25, 0.3) is 31.8 Å². The van der Waals surface area contributed by atoms with Crippen LogP contribution >= 0.6 is 22.7 Å². The number of carboxylic acid groups (broad SMARTS) is 1. The van der Waals surface area contributed by atoms with Gasteiger partial charge in [0.1, 0.15) is 17.9 Å². The third kappa shape index (κ3) is 11.5. The predicted octanol–water partition coefficient (Wildman–Crippen LogP) is 9.27. The molecule has 21 heteroatoms. The molecule has 5 fully saturated rings. The SMILES string of the molecule is Cc1ncsc1-c1ccc([C@H](C)NC(=O)[C@@H]2C[C@@H](O)CN2C(=O)[C@@H](NC(=O)CCNC(=O)C23C[C@H]4C[C@@H](CC(Cn5ncc(-c6ccc(N7CCc8cccc(C(=O)Nc9nc%10ccccc%10s9)c8C7)nc6C(=O)O)c5C)(C4)C2)C3)C(C)(C)C)cc1. The van der Waals surface area contributed by atoms with Crippen molar-refractivity contribution in [3.8, 4) is 21.6 Å². The Balaban J connectivity index is 0.672. The first-order valence-electron chi connectivity index (χ1n) is 29.8. The number of anilines is 2. The molecule has 4 saturated carbocycles. The molecule has 5 amide bonds. The number of amides is 5. The van der Waals surface area contributed by atoms with Gasteiger partial charge in [0.05, 0.1) is 50.1 Å². The number of likely N-dealkylation sites (tertiary alicyclic amines) is 1. The Bertz CT molecular complexity index is 3760. The van der Waals surface area contributed by atoms with Crippen LogP contribution in [-0.2, 0) is 38.7 Å². The van der Waals surface area contributed by atoms with E-state index in [1.807, 2.05) is 123 Å². The van der Waals surface area contributed by atoms with Crippen LogP contribution in [0.4, 0.5) is 10.9 Å². The molecule has 0 radical (unpaired) electrons. The average molecular weight is 1200 g/mol. The lowest BCUT2D eigenvalue weighted by molar-refractivity contribution is -0.159. The number of carbonyl (C=O) groups excluding carboxylic acids is 5. The maximum Gasteiger partial charge on any atom is 0.355 e. The largest absolute Gasteiger partial charge is 0.476 e. The van der Waals surface area contributed by atoms with Crippen LogP contribution in [0.1, 0.15) is 134 Å². The van der Waals surface area contributed by atoms with Crippen molar-refractivity contribution in [1.82, 2.24) is 45.6 Å². The molecule has 6 heterocycles. The van der Waals surface area contributed by atoms with Gasteiger partial charge in [-0.1, -0.05) is 80.6 Å². The van der Waals surface area contributed by atoms with Crippen molar-refractivity contribution in [3.63, 3.8) is 0 Å². The summed E-state index contributed by atoms with van der Waals surface area (Å²) in [5, 5.41) is 39.0. The number of fused-ring (bicyclic) bond motifs is 2. The number of aliphatic hydroxyl groups is 1. The molecule has 6 N–H and O–H groups in total. The van der Waals surface area contributed by atoms with Crippen molar-refractivity contribution >= 4 is 79.3 Å². The second-order valence-electron chi connectivity index (χ2n) is 25.9. The highest BCUT2D eigenvalue weighted by Gasteiger charge is 2.60. The van der Waals surface area contributed by atoms with E-state index in [9.17, 15) is 39.0 Å². The van der Waals surface area contributed by atoms with E-state index in [4.69, 9.17) is 10.1 Å². The Morgan fingerprint density at radius 1 is 0.872 bits per heavy atom. The highest BCUT2D eigenvalue weighted by Crippen LogP contribution is 2.66. The zero-order valence-corrected chi connectivity index (χ0v) is 50.9. The number of hydrogen-bond acceptors (Lipinski definition) is 14. The molecule has 19 nitrogen and oxygen atoms in total. The molecular formula is C65H73N11O8S2. The molecule has 6 atom stereocenters. The summed E-state index contributed by atoms with van der Waals surface area (Å²) in [5.74, 6) is -1.56. The summed E-state index contributed by atoms with van der Waals surface area (Å²) >= 11 is 2.98. The number of nitrogens with one attached hydrogen (secondary N) is 4. The van der Waals surface area contributed by atoms with Crippen molar-refractivity contribution in [1.29, 1.82) is 0 Å². The van der Waals surface area contributed by atoms with Gasteiger partial charge in [0.2, 0.25) is 23.6 Å². The predicted molar refractivity (Wildman–Crippen MR) is 329 cm³/mol. The molecule has 4 aromatic heterocycles. The second kappa shape index (κ2) is 23.1. The molecule has 86 heavy (non-hydrogen) atoms. The molecule has 13 rings (SSSR count). The first-order chi connectivity index (χ1) is 41.1. The molecule has 2 aliphatic heterocycles. The standard InChI is InChI=1S/C65H73N11O8S2/c1-36(41-14-16-43(17-15-41)55-37(2)67-35-85-55)69-58(80)50-25-44(77)31-75(50)59(81)56(63(4,5)6)72-53(78)20-22-66-61(84)65-28-39-24-40(29-65)27-64(26-39,33-65)34-76-38(3)47(30-68-76)45-18-19-52(71-54(45)60(82)83)74-23-21-42-10-9-11-46(48(42)32-74)57(79)73-62-70-49-12-7-8-13-51(49)86-62/h7-19,30,35-36,39-40,44,50,56,77H,20-29,31-34H2,1-6H3,(H,66,84)(H,69,80)(H,72,78)(H,82,83)(H,70,73,79)/t36-,39-,40-,44+,50-,56+,64?,65?/m0/s1. The minimum absolute atomic E-state index is 0.0494. The van der Waals surface area contributed by atoms with E-state index < -0.39 is 46.8 Å². The van der Waals surface area contributed by atoms with Crippen LogP contribution in [0.2, 0.25) is 0 Å². The number of carboxylic acids is 1. The van der Waals surface area contributed by atoms with Gasteiger partial charge in [-0.2, -0.15) is 5.10 Å². The molecule has 1 saturated heterocycles. The molecule has 4 bridgehead atoms. The van der Waals surface area contributed by atoms with E-state index in [0.717, 1.165) is 80.8 Å². The van der Waals surface area contributed by atoms with Crippen molar-refractivity contribution in [2.45, 2.75) is 137 Å². The number of benzene rings is 3. The number of carbonyl (C=O) groups is 6. The summed E-state index contributed by atoms with van der Waals surface area (Å²) in [5.41, 5.74) is 8.18. The molecule has 4 aliphatic carbocycles. The van der Waals surface area contributed by atoms with Crippen LogP contribution in [-0.4, -0.2) is 113 Å². The van der Waals surface area contributed by atoms with Crippen molar-refractivity contribution < 1.29 is 39.0 Å². The topological polar surface area (TPSA) is 254 Å². The average Bonchev–Trinajstić information content (AvgIpc) is 0.820. The highest BCUT2D eigenvalue weighted by molar-refractivity contribution is 7.22. The van der Waals surface area contributed by atoms with Crippen molar-refractivity contribution in [3.05, 3.63) is 130 Å². The summed E-state index contributed by atoms with van der Waals surface area (Å²) < 4.78 is 2.95. The van der Waals surface area contributed by atoms with E-state index in [1.165, 1.54) is 16.2 Å². The third-order valence-corrected chi connectivity index (χ3v) is 20.6. The fourth-order valence-electron chi connectivity index (χ4n) is 14.9. The second-order valence-corrected chi connectivity index (χ2v) is 27.7. The maximum absolute atomic E-state index is 14.5. The monoisotopic (exact) mass is 1200 g/mol. The van der Waals surface area contributed by atoms with Gasteiger partial charge in [0, 0.05) is 67.9 Å². The first-order valence-corrected chi connectivity index (χ1v) is 31.5. The maximum atomic E-state index is 14.5. The lowest BCUT2D eigenvalue weighted by Crippen LogP contribution is -2.59. The lowest BCUT2D eigenvalue weighted by Gasteiger charge is -2.61. The smallest absolute Gasteiger partial charge is 0.355 e. The number of para-hydroxylation sites is 1. The normalized spacial score (nSPS) is 23.0. The number of aromatic carboxylic acids is 1. The number of aliphatic hydroxyl groups excluding tert-OH is 1. The van der Waals surface area contributed by atoms with E-state index in [2.05, 4.69) is 31.2 Å². The van der Waals surface area contributed by atoms with Crippen LogP contribution in [0.3, 0.4) is 0 Å². The molecule has 0 spiro atoms. The minimum Gasteiger partial charge on any atom is -0.476 e. The summed E-state index contributed by atoms with van der Waals surface area (Å²) in [6.45, 7) is 12.9. The van der Waals surface area contributed by atoms with Gasteiger partial charge in [-0.25, -0.2) is 19.7 Å². The Morgan fingerprint density at radius 3 is 2.36 bits per heavy atom. The molecule has 7 aromatic rings. The first kappa shape index (κ1) is 58.5. The quantitative estimate of drug-likeness (QED) is 0.0498. The number of thiazole rings is 2. The number of aromatic nitrogens is 5. The van der Waals surface area contributed by atoms with Crippen LogP contribution < -0.4 is 26.2 Å². The van der Waals surface area contributed by atoms with Crippen LogP contribution in [0.15, 0.2) is 90.6 Å². The van der Waals surface area contributed by atoms with Gasteiger partial charge >= 0.3 is 5.97 Å². The van der Waals surface area contributed by atoms with Gasteiger partial charge in [0.15, 0.2) is 10.8 Å². The Kier molecular flexibility index (Phi) is 15.7. The van der Waals surface area contributed by atoms with E-state index in [1.54, 1.807) is 29.7 Å². The molecule has 3 aromatic carbocycles. The van der Waals surface area contributed by atoms with Crippen LogP contribution in [0.5, 0.6) is 0 Å². The molecule has 448 valence electrons.